The van der Waals surface area contributed by atoms with Gasteiger partial charge in [0, 0.05) is 29.7 Å². The van der Waals surface area contributed by atoms with Crippen LogP contribution in [0.4, 0.5) is 4.79 Å². The standard InChI is InChI=1S/C27H40N6O7/c1-17(2)11-22(23(34)15-32(38)39)33(24(35)20(28)13-19-14-29-16-30-19)25(36)21(12-18-9-7-6-8-10-18)31-26(37)40-27(3,4)5/h6-10,14,16-17,20-23,34H,11-13,15,28H2,1-5H3,(H,29,30)(H,31,37)/t20-,21-,22-,23?/m0/s1. The van der Waals surface area contributed by atoms with Crippen LogP contribution in [0.15, 0.2) is 42.9 Å². The Labute approximate surface area is 233 Å². The van der Waals surface area contributed by atoms with Crippen molar-refractivity contribution in [2.24, 2.45) is 11.7 Å². The first-order chi connectivity index (χ1) is 18.7. The number of ether oxygens (including phenoxy) is 1. The molecule has 0 aliphatic heterocycles. The maximum Gasteiger partial charge on any atom is 0.408 e. The third-order valence-corrected chi connectivity index (χ3v) is 5.88. The van der Waals surface area contributed by atoms with Crippen molar-refractivity contribution in [3.05, 3.63) is 64.2 Å². The van der Waals surface area contributed by atoms with Crippen LogP contribution in [0.1, 0.15) is 52.3 Å². The molecular formula is C27H40N6O7. The van der Waals surface area contributed by atoms with E-state index in [0.29, 0.717) is 11.3 Å². The molecule has 4 atom stereocenters. The van der Waals surface area contributed by atoms with Crippen molar-refractivity contribution in [1.29, 1.82) is 0 Å². The van der Waals surface area contributed by atoms with Gasteiger partial charge in [0.25, 0.3) is 5.91 Å². The smallest absolute Gasteiger partial charge is 0.408 e. The van der Waals surface area contributed by atoms with E-state index < -0.39 is 59.2 Å². The van der Waals surface area contributed by atoms with Gasteiger partial charge in [-0.05, 0) is 38.7 Å². The summed E-state index contributed by atoms with van der Waals surface area (Å²) in [5.41, 5.74) is 6.58. The number of alkyl carbamates (subject to hydrolysis) is 1. The number of imidazole rings is 1. The van der Waals surface area contributed by atoms with Gasteiger partial charge in [-0.1, -0.05) is 44.2 Å². The number of aliphatic hydroxyl groups is 1. The van der Waals surface area contributed by atoms with Crippen molar-refractivity contribution in [2.75, 3.05) is 6.54 Å². The third-order valence-electron chi connectivity index (χ3n) is 5.88. The molecule has 13 heteroatoms. The van der Waals surface area contributed by atoms with Crippen LogP contribution in [0.25, 0.3) is 0 Å². The number of nitrogens with two attached hydrogens (primary N) is 1. The van der Waals surface area contributed by atoms with Crippen LogP contribution in [0, 0.1) is 16.0 Å². The summed E-state index contributed by atoms with van der Waals surface area (Å²) in [4.78, 5) is 58.9. The van der Waals surface area contributed by atoms with Gasteiger partial charge in [0.15, 0.2) is 0 Å². The van der Waals surface area contributed by atoms with E-state index in [9.17, 15) is 29.6 Å². The highest BCUT2D eigenvalue weighted by atomic mass is 16.6. The monoisotopic (exact) mass is 560 g/mol. The SMILES string of the molecule is CC(C)C[C@@H](C(O)C[N+](=O)[O-])N(C(=O)[C@H](Cc1ccccc1)NC(=O)OC(C)(C)C)C(=O)[C@@H](N)Cc1cnc[nH]1. The predicted molar refractivity (Wildman–Crippen MR) is 147 cm³/mol. The highest BCUT2D eigenvalue weighted by Gasteiger charge is 2.42. The summed E-state index contributed by atoms with van der Waals surface area (Å²) in [6, 6.07) is 4.97. The molecule has 2 aromatic rings. The summed E-state index contributed by atoms with van der Waals surface area (Å²) >= 11 is 0. The number of amides is 3. The van der Waals surface area contributed by atoms with Crippen molar-refractivity contribution in [2.45, 2.75) is 83.7 Å². The fourth-order valence-corrected chi connectivity index (χ4v) is 4.19. The first-order valence-corrected chi connectivity index (χ1v) is 13.1. The van der Waals surface area contributed by atoms with Gasteiger partial charge in [0.1, 0.15) is 17.7 Å². The summed E-state index contributed by atoms with van der Waals surface area (Å²) in [5, 5.41) is 24.7. The lowest BCUT2D eigenvalue weighted by Crippen LogP contribution is -2.62. The molecule has 40 heavy (non-hydrogen) atoms. The number of nitrogens with zero attached hydrogens (tertiary/aromatic N) is 3. The zero-order valence-corrected chi connectivity index (χ0v) is 23.6. The Hall–Kier alpha value is -3.84. The summed E-state index contributed by atoms with van der Waals surface area (Å²) in [7, 11) is 0. The van der Waals surface area contributed by atoms with E-state index in [2.05, 4.69) is 15.3 Å². The summed E-state index contributed by atoms with van der Waals surface area (Å²) in [6.45, 7) is 7.69. The minimum Gasteiger partial charge on any atom is -0.444 e. The number of nitrogens with one attached hydrogen (secondary N) is 2. The predicted octanol–water partition coefficient (Wildman–Crippen LogP) is 1.82. The van der Waals surface area contributed by atoms with Crippen LogP contribution in [0.2, 0.25) is 0 Å². The molecule has 0 fully saturated rings. The molecule has 1 aromatic heterocycles. The van der Waals surface area contributed by atoms with Crippen molar-refractivity contribution < 1.29 is 29.2 Å². The van der Waals surface area contributed by atoms with Gasteiger partial charge in [0.05, 0.1) is 18.4 Å². The summed E-state index contributed by atoms with van der Waals surface area (Å²) in [6.07, 6.45) is 0.371. The van der Waals surface area contributed by atoms with Crippen LogP contribution < -0.4 is 11.1 Å². The normalized spacial score (nSPS) is 14.6. The Morgan fingerprint density at radius 3 is 2.35 bits per heavy atom. The van der Waals surface area contributed by atoms with Gasteiger partial charge in [-0.3, -0.25) is 24.6 Å². The maximum absolute atomic E-state index is 14.2. The first kappa shape index (κ1) is 32.4. The van der Waals surface area contributed by atoms with Crippen molar-refractivity contribution in [3.63, 3.8) is 0 Å². The highest BCUT2D eigenvalue weighted by Crippen LogP contribution is 2.21. The molecule has 0 aliphatic rings. The number of carbonyl (C=O) groups excluding carboxylic acids is 3. The molecule has 1 unspecified atom stereocenters. The number of nitro groups is 1. The first-order valence-electron chi connectivity index (χ1n) is 13.1. The second-order valence-electron chi connectivity index (χ2n) is 11.1. The fraction of sp³-hybridized carbons (Fsp3) is 0.556. The molecule has 220 valence electrons. The van der Waals surface area contributed by atoms with Crippen molar-refractivity contribution in [3.8, 4) is 0 Å². The molecule has 1 aromatic carbocycles. The molecule has 0 saturated carbocycles. The Balaban J connectivity index is 2.55. The molecule has 13 nitrogen and oxygen atoms in total. The molecule has 1 heterocycles. The number of H-pyrrole nitrogens is 1. The van der Waals surface area contributed by atoms with Gasteiger partial charge < -0.3 is 25.9 Å². The van der Waals surface area contributed by atoms with E-state index in [-0.39, 0.29) is 25.2 Å². The summed E-state index contributed by atoms with van der Waals surface area (Å²) < 4.78 is 5.36. The highest BCUT2D eigenvalue weighted by molar-refractivity contribution is 6.01. The van der Waals surface area contributed by atoms with Gasteiger partial charge in [-0.25, -0.2) is 9.78 Å². The van der Waals surface area contributed by atoms with Gasteiger partial charge in [-0.15, -0.1) is 0 Å². The average molecular weight is 561 g/mol. The zero-order valence-electron chi connectivity index (χ0n) is 23.6. The quantitative estimate of drug-likeness (QED) is 0.209. The van der Waals surface area contributed by atoms with E-state index >= 15 is 0 Å². The lowest BCUT2D eigenvalue weighted by molar-refractivity contribution is -0.491. The largest absolute Gasteiger partial charge is 0.444 e. The number of aliphatic hydroxyl groups excluding tert-OH is 1. The van der Waals surface area contributed by atoms with Gasteiger partial charge in [-0.2, -0.15) is 0 Å². The van der Waals surface area contributed by atoms with E-state index in [4.69, 9.17) is 10.5 Å². The van der Waals surface area contributed by atoms with Crippen LogP contribution in [0.3, 0.4) is 0 Å². The Morgan fingerprint density at radius 1 is 1.18 bits per heavy atom. The summed E-state index contributed by atoms with van der Waals surface area (Å²) in [5.74, 6) is -1.88. The molecular weight excluding hydrogens is 520 g/mol. The lowest BCUT2D eigenvalue weighted by Gasteiger charge is -2.37. The van der Waals surface area contributed by atoms with Gasteiger partial charge in [0.2, 0.25) is 12.5 Å². The second kappa shape index (κ2) is 14.5. The number of carbonyl (C=O) groups is 3. The van der Waals surface area contributed by atoms with E-state index in [1.165, 1.54) is 12.5 Å². The molecule has 5 N–H and O–H groups in total. The van der Waals surface area contributed by atoms with Crippen molar-refractivity contribution >= 4 is 17.9 Å². The Bertz CT molecular complexity index is 1120. The number of hydrogen-bond acceptors (Lipinski definition) is 9. The van der Waals surface area contributed by atoms with E-state index in [1.807, 2.05) is 0 Å². The van der Waals surface area contributed by atoms with E-state index in [1.54, 1.807) is 65.0 Å². The molecule has 0 radical (unpaired) electrons. The Morgan fingerprint density at radius 2 is 1.82 bits per heavy atom. The zero-order chi connectivity index (χ0) is 30.0. The van der Waals surface area contributed by atoms with E-state index in [0.717, 1.165) is 4.90 Å². The minimum absolute atomic E-state index is 0.00874. The topological polar surface area (TPSA) is 194 Å². The lowest BCUT2D eigenvalue weighted by atomic mass is 9.94. The molecule has 0 bridgehead atoms. The van der Waals surface area contributed by atoms with Crippen LogP contribution in [-0.2, 0) is 27.2 Å². The van der Waals surface area contributed by atoms with Gasteiger partial charge >= 0.3 is 6.09 Å². The molecule has 2 rings (SSSR count). The number of imide groups is 1. The molecule has 0 spiro atoms. The van der Waals surface area contributed by atoms with Crippen LogP contribution >= 0.6 is 0 Å². The van der Waals surface area contributed by atoms with Crippen LogP contribution in [-0.4, -0.2) is 79.2 Å². The molecule has 3 amide bonds. The molecule has 0 saturated heterocycles. The molecule has 0 aliphatic carbocycles. The number of aromatic amines is 1. The number of aromatic nitrogens is 2. The average Bonchev–Trinajstić information content (AvgIpc) is 3.34. The fourth-order valence-electron chi connectivity index (χ4n) is 4.19. The number of benzene rings is 1. The van der Waals surface area contributed by atoms with Crippen LogP contribution in [0.5, 0.6) is 0 Å². The third kappa shape index (κ3) is 10.4. The number of hydrogen-bond donors (Lipinski definition) is 4. The second-order valence-corrected chi connectivity index (χ2v) is 11.1. The van der Waals surface area contributed by atoms with Crippen molar-refractivity contribution in [1.82, 2.24) is 20.2 Å². The minimum atomic E-state index is -1.68. The Kier molecular flexibility index (Phi) is 11.7. The number of rotatable bonds is 13. The maximum atomic E-state index is 14.2.